The van der Waals surface area contributed by atoms with E-state index in [1.807, 2.05) is 54.3 Å². The number of methoxy groups -OCH3 is 2. The molecule has 1 saturated heterocycles. The van der Waals surface area contributed by atoms with Gasteiger partial charge in [0, 0.05) is 43.3 Å². The van der Waals surface area contributed by atoms with Gasteiger partial charge in [-0.05, 0) is 17.7 Å². The summed E-state index contributed by atoms with van der Waals surface area (Å²) >= 11 is 0. The maximum absolute atomic E-state index is 12.9. The van der Waals surface area contributed by atoms with Crippen LogP contribution in [0.2, 0.25) is 0 Å². The minimum atomic E-state index is -0.00449. The molecule has 1 aliphatic heterocycles. The van der Waals surface area contributed by atoms with Crippen molar-refractivity contribution < 1.29 is 19.0 Å². The van der Waals surface area contributed by atoms with Gasteiger partial charge in [0.2, 0.25) is 0 Å². The van der Waals surface area contributed by atoms with E-state index in [1.165, 1.54) is 0 Å². The lowest BCUT2D eigenvalue weighted by Crippen LogP contribution is -2.29. The Balaban J connectivity index is 1.54. The fourth-order valence-electron chi connectivity index (χ4n) is 4.05. The predicted octanol–water partition coefficient (Wildman–Crippen LogP) is 3.66. The first-order chi connectivity index (χ1) is 15.6. The Labute approximate surface area is 185 Å². The van der Waals surface area contributed by atoms with Crippen LogP contribution in [0.3, 0.4) is 0 Å². The van der Waals surface area contributed by atoms with E-state index in [-0.39, 0.29) is 11.7 Å². The number of benzene rings is 2. The van der Waals surface area contributed by atoms with Gasteiger partial charge in [-0.3, -0.25) is 14.0 Å². The maximum Gasteiger partial charge on any atom is 0.170 e. The molecule has 0 bridgehead atoms. The normalized spacial score (nSPS) is 13.8. The van der Waals surface area contributed by atoms with Crippen molar-refractivity contribution in [3.8, 4) is 28.3 Å². The highest BCUT2D eigenvalue weighted by molar-refractivity contribution is 6.02. The van der Waals surface area contributed by atoms with E-state index in [1.54, 1.807) is 25.2 Å². The Morgan fingerprint density at radius 1 is 1.12 bits per heavy atom. The van der Waals surface area contributed by atoms with Gasteiger partial charge in [-0.15, -0.1) is 0 Å². The van der Waals surface area contributed by atoms with Crippen molar-refractivity contribution in [2.75, 3.05) is 27.4 Å². The van der Waals surface area contributed by atoms with Crippen LogP contribution in [0, 0.1) is 5.92 Å². The first-order valence-corrected chi connectivity index (χ1v) is 10.4. The average molecular weight is 432 g/mol. The molecule has 0 unspecified atom stereocenters. The molecule has 0 saturated carbocycles. The Morgan fingerprint density at radius 2 is 1.88 bits per heavy atom. The van der Waals surface area contributed by atoms with Crippen molar-refractivity contribution in [1.82, 2.24) is 19.3 Å². The molecule has 1 aliphatic rings. The second-order valence-electron chi connectivity index (χ2n) is 7.98. The number of imidazole rings is 1. The van der Waals surface area contributed by atoms with Crippen LogP contribution < -0.4 is 9.47 Å². The number of aromatic nitrogens is 4. The van der Waals surface area contributed by atoms with Crippen molar-refractivity contribution in [3.05, 3.63) is 54.6 Å². The maximum atomic E-state index is 12.9. The molecule has 2 aromatic carbocycles. The van der Waals surface area contributed by atoms with E-state index in [4.69, 9.17) is 14.2 Å². The fourth-order valence-corrected chi connectivity index (χ4v) is 4.05. The number of ether oxygens (including phenoxy) is 3. The summed E-state index contributed by atoms with van der Waals surface area (Å²) in [5, 5.41) is 4.24. The summed E-state index contributed by atoms with van der Waals surface area (Å²) in [5.74, 6) is 1.22. The Kier molecular flexibility index (Phi) is 5.14. The number of Topliss-reactive ketones (excluding diaryl/α,β-unsaturated/α-hetero) is 1. The third-order valence-electron chi connectivity index (χ3n) is 5.81. The van der Waals surface area contributed by atoms with Crippen LogP contribution in [-0.2, 0) is 11.8 Å². The zero-order chi connectivity index (χ0) is 22.2. The number of carbonyl (C=O) groups is 1. The lowest BCUT2D eigenvalue weighted by atomic mass is 9.95. The van der Waals surface area contributed by atoms with E-state index in [2.05, 4.69) is 10.1 Å². The Bertz CT molecular complexity index is 1280. The highest BCUT2D eigenvalue weighted by Gasteiger charge is 2.27. The van der Waals surface area contributed by atoms with Crippen LogP contribution in [0.5, 0.6) is 11.5 Å². The molecule has 8 nitrogen and oxygen atoms in total. The first-order valence-electron chi connectivity index (χ1n) is 10.4. The largest absolute Gasteiger partial charge is 0.496 e. The zero-order valence-electron chi connectivity index (χ0n) is 18.2. The van der Waals surface area contributed by atoms with Gasteiger partial charge in [-0.25, -0.2) is 4.98 Å². The van der Waals surface area contributed by atoms with Crippen LogP contribution in [0.25, 0.3) is 27.8 Å². The van der Waals surface area contributed by atoms with Crippen molar-refractivity contribution in [2.24, 2.45) is 13.0 Å². The van der Waals surface area contributed by atoms with Gasteiger partial charge in [0.15, 0.2) is 5.78 Å². The molecule has 32 heavy (non-hydrogen) atoms. The van der Waals surface area contributed by atoms with E-state index in [9.17, 15) is 4.79 Å². The van der Waals surface area contributed by atoms with Crippen LogP contribution in [0.1, 0.15) is 16.8 Å². The molecule has 0 amide bonds. The van der Waals surface area contributed by atoms with Gasteiger partial charge >= 0.3 is 0 Å². The van der Waals surface area contributed by atoms with Crippen LogP contribution in [0.4, 0.5) is 0 Å². The van der Waals surface area contributed by atoms with Crippen LogP contribution >= 0.6 is 0 Å². The number of hydrogen-bond donors (Lipinski definition) is 0. The van der Waals surface area contributed by atoms with E-state index in [0.717, 1.165) is 27.8 Å². The lowest BCUT2D eigenvalue weighted by molar-refractivity contribution is -0.0322. The number of ketones is 1. The molecule has 0 spiro atoms. The molecule has 0 radical (unpaired) electrons. The summed E-state index contributed by atoms with van der Waals surface area (Å²) < 4.78 is 20.1. The summed E-state index contributed by atoms with van der Waals surface area (Å²) in [6.45, 7) is 1.24. The molecule has 2 aromatic heterocycles. The molecule has 3 heterocycles. The third kappa shape index (κ3) is 3.52. The number of fused-ring (bicyclic) bond motifs is 1. The predicted molar refractivity (Wildman–Crippen MR) is 120 cm³/mol. The number of aryl methyl sites for hydroxylation is 1. The summed E-state index contributed by atoms with van der Waals surface area (Å²) in [6, 6.07) is 9.81. The second kappa shape index (κ2) is 8.12. The number of hydrogen-bond acceptors (Lipinski definition) is 6. The van der Waals surface area contributed by atoms with Crippen LogP contribution in [-0.4, -0.2) is 52.5 Å². The quantitative estimate of drug-likeness (QED) is 0.415. The standard InChI is InChI=1S/C24H24N4O4/c1-27-11-17(10-26-27)16-4-5-20-19(7-16)25-14-28(20)18-8-22(30-2)24(23(9-18)31-3)21(29)6-15-12-32-13-15/h4-5,7-11,14-15H,6,12-13H2,1-3H3. The Hall–Kier alpha value is -3.65. The van der Waals surface area contributed by atoms with Crippen LogP contribution in [0.15, 0.2) is 49.1 Å². The van der Waals surface area contributed by atoms with Crippen molar-refractivity contribution in [1.29, 1.82) is 0 Å². The molecular formula is C24H24N4O4. The van der Waals surface area contributed by atoms with E-state index < -0.39 is 0 Å². The zero-order valence-corrected chi connectivity index (χ0v) is 18.2. The topological polar surface area (TPSA) is 80.4 Å². The van der Waals surface area contributed by atoms with Gasteiger partial charge in [-0.2, -0.15) is 5.10 Å². The minimum absolute atomic E-state index is 0.00449. The molecule has 8 heteroatoms. The molecule has 164 valence electrons. The van der Waals surface area contributed by atoms with Gasteiger partial charge < -0.3 is 14.2 Å². The van der Waals surface area contributed by atoms with E-state index in [0.29, 0.717) is 36.7 Å². The van der Waals surface area contributed by atoms with E-state index >= 15 is 0 Å². The summed E-state index contributed by atoms with van der Waals surface area (Å²) in [6.07, 6.45) is 5.98. The number of nitrogens with zero attached hydrogens (tertiary/aromatic N) is 4. The molecule has 0 aliphatic carbocycles. The van der Waals surface area contributed by atoms with Gasteiger partial charge in [0.1, 0.15) is 23.4 Å². The Morgan fingerprint density at radius 3 is 2.47 bits per heavy atom. The smallest absolute Gasteiger partial charge is 0.170 e. The summed E-state index contributed by atoms with van der Waals surface area (Å²) in [5.41, 5.74) is 5.15. The molecule has 5 rings (SSSR count). The number of carbonyl (C=O) groups excluding carboxylic acids is 1. The lowest BCUT2D eigenvalue weighted by Gasteiger charge is -2.25. The minimum Gasteiger partial charge on any atom is -0.496 e. The van der Waals surface area contributed by atoms with Crippen molar-refractivity contribution in [2.45, 2.75) is 6.42 Å². The summed E-state index contributed by atoms with van der Waals surface area (Å²) in [4.78, 5) is 17.5. The highest BCUT2D eigenvalue weighted by Crippen LogP contribution is 2.36. The van der Waals surface area contributed by atoms with Gasteiger partial charge in [-0.1, -0.05) is 6.07 Å². The number of rotatable bonds is 7. The molecule has 0 N–H and O–H groups in total. The SMILES string of the molecule is COc1cc(-n2cnc3cc(-c4cnn(C)c4)ccc32)cc(OC)c1C(=O)CC1COC1. The average Bonchev–Trinajstić information content (AvgIpc) is 3.40. The highest BCUT2D eigenvalue weighted by atomic mass is 16.5. The third-order valence-corrected chi connectivity index (χ3v) is 5.81. The van der Waals surface area contributed by atoms with Gasteiger partial charge in [0.05, 0.1) is 50.4 Å². The van der Waals surface area contributed by atoms with Crippen molar-refractivity contribution >= 4 is 16.8 Å². The monoisotopic (exact) mass is 432 g/mol. The fraction of sp³-hybridized carbons (Fsp3) is 0.292. The summed E-state index contributed by atoms with van der Waals surface area (Å²) in [7, 11) is 5.02. The second-order valence-corrected chi connectivity index (χ2v) is 7.98. The molecule has 4 aromatic rings. The molecule has 1 fully saturated rings. The van der Waals surface area contributed by atoms with Gasteiger partial charge in [0.25, 0.3) is 0 Å². The first kappa shape index (κ1) is 20.3. The van der Waals surface area contributed by atoms with Crippen molar-refractivity contribution in [3.63, 3.8) is 0 Å². The molecular weight excluding hydrogens is 408 g/mol. The molecule has 0 atom stereocenters.